The predicted molar refractivity (Wildman–Crippen MR) is 105 cm³/mol. The number of aromatic nitrogens is 1. The van der Waals surface area contributed by atoms with Crippen LogP contribution in [0.1, 0.15) is 36.8 Å². The molecule has 27 heavy (non-hydrogen) atoms. The number of hydrogen-bond donors (Lipinski definition) is 2. The molecule has 0 saturated heterocycles. The number of para-hydroxylation sites is 1. The van der Waals surface area contributed by atoms with Crippen molar-refractivity contribution in [2.75, 3.05) is 6.54 Å². The molecule has 3 rings (SSSR count). The van der Waals surface area contributed by atoms with Crippen molar-refractivity contribution in [3.05, 3.63) is 81.9 Å². The molecule has 1 atom stereocenters. The van der Waals surface area contributed by atoms with E-state index >= 15 is 0 Å². The second kappa shape index (κ2) is 8.62. The smallest absolute Gasteiger partial charge is 0.251 e. The van der Waals surface area contributed by atoms with Crippen LogP contribution in [-0.4, -0.2) is 17.4 Å². The highest BCUT2D eigenvalue weighted by Crippen LogP contribution is 2.23. The number of benzene rings is 2. The number of carbonyl (C=O) groups excluding carboxylic acids is 1. The molecular formula is C22H23FN2O2. The molecule has 0 aliphatic carbocycles. The molecule has 3 aromatic rings. The Hall–Kier alpha value is -2.95. The highest BCUT2D eigenvalue weighted by molar-refractivity contribution is 5.79. The summed E-state index contributed by atoms with van der Waals surface area (Å²) in [5.74, 6) is -0.295. The standard InChI is InChI=1S/C22H23FN2O2/c1-2-15(16-7-9-19(23)10-8-16)14-21(26)24-12-11-18-13-17-5-3-4-6-20(17)25-22(18)27/h3-10,13,15H,2,11-12,14H2,1H3,(H,24,26)(H,25,27). The van der Waals surface area contributed by atoms with Crippen molar-refractivity contribution in [3.63, 3.8) is 0 Å². The summed E-state index contributed by atoms with van der Waals surface area (Å²) >= 11 is 0. The van der Waals surface area contributed by atoms with Gasteiger partial charge in [0.15, 0.2) is 0 Å². The van der Waals surface area contributed by atoms with Gasteiger partial charge in [-0.2, -0.15) is 0 Å². The number of aromatic amines is 1. The van der Waals surface area contributed by atoms with Crippen molar-refractivity contribution < 1.29 is 9.18 Å². The highest BCUT2D eigenvalue weighted by atomic mass is 19.1. The molecule has 0 aliphatic rings. The van der Waals surface area contributed by atoms with E-state index in [-0.39, 0.29) is 23.2 Å². The molecular weight excluding hydrogens is 343 g/mol. The minimum atomic E-state index is -0.279. The van der Waals surface area contributed by atoms with Gasteiger partial charge in [0.1, 0.15) is 5.82 Å². The van der Waals surface area contributed by atoms with Crippen LogP contribution in [0.3, 0.4) is 0 Å². The first kappa shape index (κ1) is 18.8. The predicted octanol–water partition coefficient (Wildman–Crippen LogP) is 3.91. The zero-order chi connectivity index (χ0) is 19.2. The number of carbonyl (C=O) groups is 1. The number of fused-ring (bicyclic) bond motifs is 1. The lowest BCUT2D eigenvalue weighted by Gasteiger charge is -2.15. The van der Waals surface area contributed by atoms with Crippen molar-refractivity contribution in [1.82, 2.24) is 10.3 Å². The summed E-state index contributed by atoms with van der Waals surface area (Å²) in [6.45, 7) is 2.41. The summed E-state index contributed by atoms with van der Waals surface area (Å²) in [5.41, 5.74) is 2.29. The summed E-state index contributed by atoms with van der Waals surface area (Å²) in [6, 6.07) is 15.8. The fraction of sp³-hybridized carbons (Fsp3) is 0.273. The Balaban J connectivity index is 1.57. The van der Waals surface area contributed by atoms with Gasteiger partial charge in [-0.25, -0.2) is 4.39 Å². The van der Waals surface area contributed by atoms with Crippen LogP contribution in [0.2, 0.25) is 0 Å². The van der Waals surface area contributed by atoms with Crippen LogP contribution in [0.25, 0.3) is 10.9 Å². The Morgan fingerprint density at radius 2 is 1.89 bits per heavy atom. The second-order valence-electron chi connectivity index (χ2n) is 6.67. The summed E-state index contributed by atoms with van der Waals surface area (Å²) in [7, 11) is 0. The van der Waals surface area contributed by atoms with E-state index in [4.69, 9.17) is 0 Å². The van der Waals surface area contributed by atoms with Gasteiger partial charge in [0, 0.05) is 24.0 Å². The molecule has 1 unspecified atom stereocenters. The third-order valence-corrected chi connectivity index (χ3v) is 4.81. The van der Waals surface area contributed by atoms with Crippen molar-refractivity contribution in [3.8, 4) is 0 Å². The zero-order valence-electron chi connectivity index (χ0n) is 15.3. The van der Waals surface area contributed by atoms with Gasteiger partial charge in [-0.05, 0) is 54.0 Å². The van der Waals surface area contributed by atoms with Crippen molar-refractivity contribution in [2.45, 2.75) is 32.1 Å². The molecule has 2 aromatic carbocycles. The van der Waals surface area contributed by atoms with Gasteiger partial charge in [0.05, 0.1) is 0 Å². The first-order valence-electron chi connectivity index (χ1n) is 9.20. The van der Waals surface area contributed by atoms with Crippen LogP contribution < -0.4 is 10.9 Å². The monoisotopic (exact) mass is 366 g/mol. The molecule has 1 amide bonds. The lowest BCUT2D eigenvalue weighted by atomic mass is 9.93. The minimum absolute atomic E-state index is 0.0506. The average Bonchev–Trinajstić information content (AvgIpc) is 2.67. The lowest BCUT2D eigenvalue weighted by Crippen LogP contribution is -2.28. The van der Waals surface area contributed by atoms with Gasteiger partial charge in [0.25, 0.3) is 5.56 Å². The summed E-state index contributed by atoms with van der Waals surface area (Å²) in [5, 5.41) is 3.86. The molecule has 0 aliphatic heterocycles. The Morgan fingerprint density at radius 3 is 2.63 bits per heavy atom. The van der Waals surface area contributed by atoms with Gasteiger partial charge in [0.2, 0.25) is 5.91 Å². The van der Waals surface area contributed by atoms with Crippen LogP contribution in [0.15, 0.2) is 59.4 Å². The van der Waals surface area contributed by atoms with E-state index in [2.05, 4.69) is 10.3 Å². The second-order valence-corrected chi connectivity index (χ2v) is 6.67. The maximum absolute atomic E-state index is 13.1. The maximum atomic E-state index is 13.1. The van der Waals surface area contributed by atoms with Gasteiger partial charge in [-0.15, -0.1) is 0 Å². The SMILES string of the molecule is CCC(CC(=O)NCCc1cc2ccccc2[nH]c1=O)c1ccc(F)cc1. The third-order valence-electron chi connectivity index (χ3n) is 4.81. The first-order chi connectivity index (χ1) is 13.1. The minimum Gasteiger partial charge on any atom is -0.356 e. The Morgan fingerprint density at radius 1 is 1.15 bits per heavy atom. The zero-order valence-corrected chi connectivity index (χ0v) is 15.3. The van der Waals surface area contributed by atoms with Gasteiger partial charge >= 0.3 is 0 Å². The van der Waals surface area contributed by atoms with Gasteiger partial charge in [-0.1, -0.05) is 37.3 Å². The third kappa shape index (κ3) is 4.82. The van der Waals surface area contributed by atoms with Crippen LogP contribution >= 0.6 is 0 Å². The molecule has 1 aromatic heterocycles. The van der Waals surface area contributed by atoms with Crippen LogP contribution in [0.5, 0.6) is 0 Å². The van der Waals surface area contributed by atoms with Crippen LogP contribution in [0.4, 0.5) is 4.39 Å². The number of halogens is 1. The Labute approximate surface area is 157 Å². The molecule has 0 bridgehead atoms. The van der Waals surface area contributed by atoms with Crippen LogP contribution in [-0.2, 0) is 11.2 Å². The number of amides is 1. The number of rotatable bonds is 7. The van der Waals surface area contributed by atoms with Crippen LogP contribution in [0, 0.1) is 5.82 Å². The molecule has 0 saturated carbocycles. The van der Waals surface area contributed by atoms with Crippen molar-refractivity contribution in [1.29, 1.82) is 0 Å². The average molecular weight is 366 g/mol. The van der Waals surface area contributed by atoms with Gasteiger partial charge in [-0.3, -0.25) is 9.59 Å². The molecule has 2 N–H and O–H groups in total. The summed E-state index contributed by atoms with van der Waals surface area (Å²) < 4.78 is 13.1. The van der Waals surface area contributed by atoms with E-state index in [0.29, 0.717) is 24.9 Å². The molecule has 1 heterocycles. The fourth-order valence-electron chi connectivity index (χ4n) is 3.24. The van der Waals surface area contributed by atoms with E-state index in [1.54, 1.807) is 12.1 Å². The lowest BCUT2D eigenvalue weighted by molar-refractivity contribution is -0.121. The molecule has 4 nitrogen and oxygen atoms in total. The molecule has 5 heteroatoms. The van der Waals surface area contributed by atoms with Crippen molar-refractivity contribution >= 4 is 16.8 Å². The quantitative estimate of drug-likeness (QED) is 0.666. The Bertz CT molecular complexity index is 980. The molecule has 0 spiro atoms. The van der Waals surface area contributed by atoms with Crippen molar-refractivity contribution in [2.24, 2.45) is 0 Å². The molecule has 140 valence electrons. The maximum Gasteiger partial charge on any atom is 0.251 e. The topological polar surface area (TPSA) is 62.0 Å². The van der Waals surface area contributed by atoms with E-state index in [0.717, 1.165) is 22.9 Å². The Kier molecular flexibility index (Phi) is 6.01. The molecule has 0 radical (unpaired) electrons. The molecule has 0 fully saturated rings. The highest BCUT2D eigenvalue weighted by Gasteiger charge is 2.14. The normalized spacial score (nSPS) is 12.1. The number of H-pyrrole nitrogens is 1. The fourth-order valence-corrected chi connectivity index (χ4v) is 3.24. The van der Waals surface area contributed by atoms with Gasteiger partial charge < -0.3 is 10.3 Å². The van der Waals surface area contributed by atoms with E-state index in [1.807, 2.05) is 37.3 Å². The largest absolute Gasteiger partial charge is 0.356 e. The van der Waals surface area contributed by atoms with E-state index < -0.39 is 0 Å². The first-order valence-corrected chi connectivity index (χ1v) is 9.20. The number of pyridine rings is 1. The number of hydrogen-bond acceptors (Lipinski definition) is 2. The number of nitrogens with one attached hydrogen (secondary N) is 2. The summed E-state index contributed by atoms with van der Waals surface area (Å²) in [4.78, 5) is 27.3. The van der Waals surface area contributed by atoms with E-state index in [1.165, 1.54) is 12.1 Å². The summed E-state index contributed by atoms with van der Waals surface area (Å²) in [6.07, 6.45) is 1.61. The van der Waals surface area contributed by atoms with E-state index in [9.17, 15) is 14.0 Å².